The molecule has 2 atom stereocenters. The van der Waals surface area contributed by atoms with E-state index >= 15 is 0 Å². The highest BCUT2D eigenvalue weighted by molar-refractivity contribution is 5.94. The summed E-state index contributed by atoms with van der Waals surface area (Å²) in [6.07, 6.45) is 3.44. The lowest BCUT2D eigenvalue weighted by molar-refractivity contribution is -0.00709. The molecule has 0 radical (unpaired) electrons. The highest BCUT2D eigenvalue weighted by atomic mass is 16.5. The minimum atomic E-state index is -0.0497. The van der Waals surface area contributed by atoms with Crippen LogP contribution in [0.2, 0.25) is 0 Å². The van der Waals surface area contributed by atoms with Crippen LogP contribution in [0.25, 0.3) is 0 Å². The molecule has 2 N–H and O–H groups in total. The molecule has 2 aliphatic rings. The number of fused-ring (bicyclic) bond motifs is 1. The SMILES string of the molecule is CCC1(CO)CCN(C(=O)c2n[nH]c3c2C[C@H](C)O[C@@H]3C)CC1. The Labute approximate surface area is 137 Å². The van der Waals surface area contributed by atoms with Gasteiger partial charge in [-0.25, -0.2) is 0 Å². The van der Waals surface area contributed by atoms with Crippen LogP contribution < -0.4 is 0 Å². The predicted octanol–water partition coefficient (Wildman–Crippen LogP) is 2.06. The third kappa shape index (κ3) is 2.90. The molecule has 23 heavy (non-hydrogen) atoms. The number of H-pyrrole nitrogens is 1. The summed E-state index contributed by atoms with van der Waals surface area (Å²) in [5, 5.41) is 16.9. The highest BCUT2D eigenvalue weighted by Crippen LogP contribution is 2.35. The van der Waals surface area contributed by atoms with Crippen molar-refractivity contribution in [1.82, 2.24) is 15.1 Å². The molecule has 1 saturated heterocycles. The molecule has 0 aliphatic carbocycles. The number of nitrogens with one attached hydrogen (secondary N) is 1. The van der Waals surface area contributed by atoms with Gasteiger partial charge >= 0.3 is 0 Å². The molecule has 0 spiro atoms. The first-order chi connectivity index (χ1) is 11.0. The number of rotatable bonds is 3. The maximum Gasteiger partial charge on any atom is 0.274 e. The molecule has 0 saturated carbocycles. The Morgan fingerprint density at radius 3 is 2.74 bits per heavy atom. The summed E-state index contributed by atoms with van der Waals surface area (Å²) in [6, 6.07) is 0. The number of carbonyl (C=O) groups excluding carboxylic acids is 1. The van der Waals surface area contributed by atoms with Crippen molar-refractivity contribution in [3.05, 3.63) is 17.0 Å². The normalized spacial score (nSPS) is 26.9. The smallest absolute Gasteiger partial charge is 0.274 e. The second kappa shape index (κ2) is 6.24. The fourth-order valence-corrected chi connectivity index (χ4v) is 3.81. The van der Waals surface area contributed by atoms with E-state index in [4.69, 9.17) is 4.74 Å². The van der Waals surface area contributed by atoms with Crippen molar-refractivity contribution in [2.24, 2.45) is 5.41 Å². The second-order valence-electron chi connectivity index (χ2n) is 7.06. The Kier molecular flexibility index (Phi) is 4.47. The van der Waals surface area contributed by atoms with E-state index in [-0.39, 0.29) is 30.1 Å². The van der Waals surface area contributed by atoms with Gasteiger partial charge in [0.1, 0.15) is 0 Å². The molecule has 3 rings (SSSR count). The van der Waals surface area contributed by atoms with Crippen molar-refractivity contribution >= 4 is 5.91 Å². The maximum atomic E-state index is 12.9. The lowest BCUT2D eigenvalue weighted by atomic mass is 9.77. The van der Waals surface area contributed by atoms with Crippen LogP contribution >= 0.6 is 0 Å². The summed E-state index contributed by atoms with van der Waals surface area (Å²) in [4.78, 5) is 14.8. The highest BCUT2D eigenvalue weighted by Gasteiger charge is 2.36. The van der Waals surface area contributed by atoms with Gasteiger partial charge in [0.05, 0.1) is 17.9 Å². The third-order valence-corrected chi connectivity index (χ3v) is 5.63. The second-order valence-corrected chi connectivity index (χ2v) is 7.06. The number of amides is 1. The van der Waals surface area contributed by atoms with Gasteiger partial charge in [-0.15, -0.1) is 0 Å². The van der Waals surface area contributed by atoms with Crippen LogP contribution in [0.4, 0.5) is 0 Å². The Morgan fingerprint density at radius 1 is 1.43 bits per heavy atom. The van der Waals surface area contributed by atoms with Gasteiger partial charge in [0.2, 0.25) is 0 Å². The number of carbonyl (C=O) groups is 1. The van der Waals surface area contributed by atoms with E-state index in [0.717, 1.165) is 36.9 Å². The fourth-order valence-electron chi connectivity index (χ4n) is 3.81. The van der Waals surface area contributed by atoms with Gasteiger partial charge in [-0.2, -0.15) is 5.10 Å². The summed E-state index contributed by atoms with van der Waals surface area (Å²) >= 11 is 0. The molecule has 0 aromatic carbocycles. The first-order valence-electron chi connectivity index (χ1n) is 8.62. The minimum Gasteiger partial charge on any atom is -0.396 e. The summed E-state index contributed by atoms with van der Waals surface area (Å²) in [5.74, 6) is 0.00597. The molecule has 0 unspecified atom stereocenters. The van der Waals surface area contributed by atoms with E-state index in [0.29, 0.717) is 18.8 Å². The summed E-state index contributed by atoms with van der Waals surface area (Å²) in [5.41, 5.74) is 2.48. The fraction of sp³-hybridized carbons (Fsp3) is 0.765. The van der Waals surface area contributed by atoms with Crippen LogP contribution in [-0.4, -0.2) is 51.9 Å². The van der Waals surface area contributed by atoms with Gasteiger partial charge in [0.15, 0.2) is 5.69 Å². The number of aromatic amines is 1. The average molecular weight is 321 g/mol. The Balaban J connectivity index is 1.76. The van der Waals surface area contributed by atoms with Gasteiger partial charge in [-0.1, -0.05) is 6.92 Å². The molecule has 1 amide bonds. The van der Waals surface area contributed by atoms with Crippen LogP contribution in [0.3, 0.4) is 0 Å². The number of aliphatic hydroxyl groups is 1. The number of piperidine rings is 1. The van der Waals surface area contributed by atoms with E-state index in [9.17, 15) is 9.90 Å². The number of nitrogens with zero attached hydrogens (tertiary/aromatic N) is 2. The van der Waals surface area contributed by atoms with Crippen LogP contribution in [0.5, 0.6) is 0 Å². The third-order valence-electron chi connectivity index (χ3n) is 5.63. The van der Waals surface area contributed by atoms with Crippen molar-refractivity contribution in [3.63, 3.8) is 0 Å². The number of ether oxygens (including phenoxy) is 1. The molecule has 6 nitrogen and oxygen atoms in total. The summed E-state index contributed by atoms with van der Waals surface area (Å²) in [6.45, 7) is 7.71. The van der Waals surface area contributed by atoms with Gasteiger partial charge in [0, 0.05) is 31.7 Å². The number of hydrogen-bond donors (Lipinski definition) is 2. The maximum absolute atomic E-state index is 12.9. The first-order valence-corrected chi connectivity index (χ1v) is 8.62. The molecule has 128 valence electrons. The zero-order valence-corrected chi connectivity index (χ0v) is 14.3. The first kappa shape index (κ1) is 16.5. The molecular weight excluding hydrogens is 294 g/mol. The van der Waals surface area contributed by atoms with Crippen molar-refractivity contribution in [2.75, 3.05) is 19.7 Å². The quantitative estimate of drug-likeness (QED) is 0.893. The number of aromatic nitrogens is 2. The van der Waals surface area contributed by atoms with Crippen LogP contribution in [0.15, 0.2) is 0 Å². The zero-order chi connectivity index (χ0) is 16.6. The summed E-state index contributed by atoms with van der Waals surface area (Å²) in [7, 11) is 0. The van der Waals surface area contributed by atoms with Crippen molar-refractivity contribution in [2.45, 2.75) is 58.7 Å². The van der Waals surface area contributed by atoms with Crippen LogP contribution in [-0.2, 0) is 11.2 Å². The molecule has 2 aliphatic heterocycles. The Morgan fingerprint density at radius 2 is 2.13 bits per heavy atom. The predicted molar refractivity (Wildman–Crippen MR) is 86.2 cm³/mol. The van der Waals surface area contributed by atoms with Crippen molar-refractivity contribution in [3.8, 4) is 0 Å². The number of aliphatic hydroxyl groups excluding tert-OH is 1. The lowest BCUT2D eigenvalue weighted by Gasteiger charge is -2.40. The largest absolute Gasteiger partial charge is 0.396 e. The van der Waals surface area contributed by atoms with E-state index in [1.54, 1.807) is 0 Å². The van der Waals surface area contributed by atoms with Crippen molar-refractivity contribution in [1.29, 1.82) is 0 Å². The monoisotopic (exact) mass is 321 g/mol. The lowest BCUT2D eigenvalue weighted by Crippen LogP contribution is -2.44. The average Bonchev–Trinajstić information content (AvgIpc) is 2.98. The standard InChI is InChI=1S/C17H27N3O3/c1-4-17(10-21)5-7-20(8-6-17)16(22)15-13-9-11(2)23-12(3)14(13)18-19-15/h11-12,21H,4-10H2,1-3H3,(H,18,19)/t11-,12+/m0/s1. The number of likely N-dealkylation sites (tertiary alicyclic amines) is 1. The molecular formula is C17H27N3O3. The Hall–Kier alpha value is -1.40. The van der Waals surface area contributed by atoms with E-state index in [1.165, 1.54) is 0 Å². The van der Waals surface area contributed by atoms with Crippen molar-refractivity contribution < 1.29 is 14.6 Å². The minimum absolute atomic E-state index is 0.00597. The van der Waals surface area contributed by atoms with E-state index in [2.05, 4.69) is 17.1 Å². The van der Waals surface area contributed by atoms with Gasteiger partial charge in [0.25, 0.3) is 5.91 Å². The van der Waals surface area contributed by atoms with Gasteiger partial charge in [-0.3, -0.25) is 9.89 Å². The number of hydrogen-bond acceptors (Lipinski definition) is 4. The van der Waals surface area contributed by atoms with E-state index < -0.39 is 0 Å². The Bertz CT molecular complexity index is 570. The topological polar surface area (TPSA) is 78.5 Å². The molecule has 0 bridgehead atoms. The molecule has 3 heterocycles. The zero-order valence-electron chi connectivity index (χ0n) is 14.3. The summed E-state index contributed by atoms with van der Waals surface area (Å²) < 4.78 is 5.78. The van der Waals surface area contributed by atoms with Crippen LogP contribution in [0, 0.1) is 5.41 Å². The van der Waals surface area contributed by atoms with E-state index in [1.807, 2.05) is 18.7 Å². The van der Waals surface area contributed by atoms with Gasteiger partial charge < -0.3 is 14.7 Å². The molecule has 6 heteroatoms. The molecule has 1 fully saturated rings. The van der Waals surface area contributed by atoms with Gasteiger partial charge in [-0.05, 0) is 38.5 Å². The molecule has 1 aromatic heterocycles. The van der Waals surface area contributed by atoms with Crippen LogP contribution in [0.1, 0.15) is 67.9 Å². The molecule has 1 aromatic rings.